The van der Waals surface area contributed by atoms with Crippen LogP contribution in [0.25, 0.3) is 10.8 Å². The van der Waals surface area contributed by atoms with Gasteiger partial charge in [0, 0.05) is 18.8 Å². The molecule has 2 aromatic carbocycles. The molecular weight excluding hydrogens is 228 g/mol. The Hall–Kier alpha value is -2.07. The van der Waals surface area contributed by atoms with Crippen molar-refractivity contribution >= 4 is 22.4 Å². The molecule has 1 fully saturated rings. The summed E-state index contributed by atoms with van der Waals surface area (Å²) in [6.07, 6.45) is 0. The van der Waals surface area contributed by atoms with Crippen LogP contribution in [-0.2, 0) is 0 Å². The Morgan fingerprint density at radius 2 is 1.94 bits per heavy atom. The summed E-state index contributed by atoms with van der Waals surface area (Å²) >= 11 is 0. The summed E-state index contributed by atoms with van der Waals surface area (Å²) in [6, 6.07) is 11.4. The van der Waals surface area contributed by atoms with Crippen LogP contribution in [0.2, 0.25) is 0 Å². The molecule has 4 heteroatoms. The van der Waals surface area contributed by atoms with Gasteiger partial charge in [0.05, 0.1) is 12.2 Å². The van der Waals surface area contributed by atoms with Gasteiger partial charge in [0.1, 0.15) is 0 Å². The predicted octanol–water partition coefficient (Wildman–Crippen LogP) is 1.91. The maximum atomic E-state index is 10.9. The van der Waals surface area contributed by atoms with E-state index in [1.165, 1.54) is 5.69 Å². The van der Waals surface area contributed by atoms with Crippen molar-refractivity contribution in [1.82, 2.24) is 5.32 Å². The van der Waals surface area contributed by atoms with E-state index in [0.717, 1.165) is 30.5 Å². The zero-order chi connectivity index (χ0) is 12.5. The molecule has 3 rings (SSSR count). The van der Waals surface area contributed by atoms with Crippen LogP contribution in [-0.4, -0.2) is 30.8 Å². The SMILES string of the molecule is O=C(O)c1ccc2cc(N3CCNC3)ccc2c1. The summed E-state index contributed by atoms with van der Waals surface area (Å²) in [5.74, 6) is -0.885. The van der Waals surface area contributed by atoms with E-state index >= 15 is 0 Å². The van der Waals surface area contributed by atoms with E-state index in [2.05, 4.69) is 16.3 Å². The van der Waals surface area contributed by atoms with E-state index < -0.39 is 5.97 Å². The third kappa shape index (κ3) is 1.91. The maximum absolute atomic E-state index is 10.9. The molecule has 2 aromatic rings. The Kier molecular flexibility index (Phi) is 2.64. The van der Waals surface area contributed by atoms with E-state index in [1.54, 1.807) is 12.1 Å². The lowest BCUT2D eigenvalue weighted by Gasteiger charge is -2.17. The minimum absolute atomic E-state index is 0.332. The second-order valence-corrected chi connectivity index (χ2v) is 4.47. The normalized spacial score (nSPS) is 15.2. The minimum atomic E-state index is -0.885. The number of hydrogen-bond acceptors (Lipinski definition) is 3. The van der Waals surface area contributed by atoms with Crippen molar-refractivity contribution in [3.63, 3.8) is 0 Å². The van der Waals surface area contributed by atoms with Crippen molar-refractivity contribution in [1.29, 1.82) is 0 Å². The number of carboxylic acid groups (broad SMARTS) is 1. The highest BCUT2D eigenvalue weighted by Crippen LogP contribution is 2.23. The highest BCUT2D eigenvalue weighted by molar-refractivity contribution is 5.95. The molecule has 0 amide bonds. The van der Waals surface area contributed by atoms with Gasteiger partial charge in [0.15, 0.2) is 0 Å². The van der Waals surface area contributed by atoms with E-state index in [1.807, 2.05) is 18.2 Å². The van der Waals surface area contributed by atoms with Gasteiger partial charge in [0.2, 0.25) is 0 Å². The topological polar surface area (TPSA) is 52.6 Å². The van der Waals surface area contributed by atoms with E-state index in [0.29, 0.717) is 5.56 Å². The van der Waals surface area contributed by atoms with Crippen LogP contribution in [0, 0.1) is 0 Å². The van der Waals surface area contributed by atoms with Crippen LogP contribution < -0.4 is 10.2 Å². The van der Waals surface area contributed by atoms with Crippen molar-refractivity contribution in [2.24, 2.45) is 0 Å². The Morgan fingerprint density at radius 1 is 1.17 bits per heavy atom. The molecule has 92 valence electrons. The fourth-order valence-corrected chi connectivity index (χ4v) is 2.29. The summed E-state index contributed by atoms with van der Waals surface area (Å²) < 4.78 is 0. The van der Waals surface area contributed by atoms with Crippen LogP contribution in [0.3, 0.4) is 0 Å². The van der Waals surface area contributed by atoms with Gasteiger partial charge in [-0.15, -0.1) is 0 Å². The molecule has 2 N–H and O–H groups in total. The predicted molar refractivity (Wildman–Crippen MR) is 71.1 cm³/mol. The highest BCUT2D eigenvalue weighted by atomic mass is 16.4. The van der Waals surface area contributed by atoms with E-state index in [4.69, 9.17) is 5.11 Å². The molecule has 0 spiro atoms. The van der Waals surface area contributed by atoms with Gasteiger partial charge in [-0.05, 0) is 35.0 Å². The number of carboxylic acids is 1. The zero-order valence-electron chi connectivity index (χ0n) is 9.89. The van der Waals surface area contributed by atoms with E-state index in [9.17, 15) is 4.79 Å². The summed E-state index contributed by atoms with van der Waals surface area (Å²) in [5, 5.41) is 14.3. The molecule has 4 nitrogen and oxygen atoms in total. The molecule has 1 heterocycles. The van der Waals surface area contributed by atoms with Gasteiger partial charge >= 0.3 is 5.97 Å². The van der Waals surface area contributed by atoms with Crippen LogP contribution >= 0.6 is 0 Å². The maximum Gasteiger partial charge on any atom is 0.335 e. The van der Waals surface area contributed by atoms with Crippen LogP contribution in [0.4, 0.5) is 5.69 Å². The van der Waals surface area contributed by atoms with Gasteiger partial charge < -0.3 is 10.0 Å². The number of aromatic carboxylic acids is 1. The molecule has 0 unspecified atom stereocenters. The molecular formula is C14H14N2O2. The molecule has 1 saturated heterocycles. The van der Waals surface area contributed by atoms with Gasteiger partial charge in [-0.2, -0.15) is 0 Å². The Balaban J connectivity index is 2.02. The van der Waals surface area contributed by atoms with Gasteiger partial charge in [-0.1, -0.05) is 12.1 Å². The van der Waals surface area contributed by atoms with Gasteiger partial charge in [0.25, 0.3) is 0 Å². The Morgan fingerprint density at radius 3 is 2.67 bits per heavy atom. The first-order valence-electron chi connectivity index (χ1n) is 5.97. The van der Waals surface area contributed by atoms with Crippen LogP contribution in [0.1, 0.15) is 10.4 Å². The first-order chi connectivity index (χ1) is 8.74. The molecule has 0 aliphatic carbocycles. The van der Waals surface area contributed by atoms with Crippen molar-refractivity contribution in [2.75, 3.05) is 24.7 Å². The first-order valence-corrected chi connectivity index (χ1v) is 5.97. The van der Waals surface area contributed by atoms with Gasteiger partial charge in [-0.3, -0.25) is 5.32 Å². The minimum Gasteiger partial charge on any atom is -0.478 e. The summed E-state index contributed by atoms with van der Waals surface area (Å²) in [4.78, 5) is 13.2. The number of hydrogen-bond donors (Lipinski definition) is 2. The quantitative estimate of drug-likeness (QED) is 0.844. The molecule has 18 heavy (non-hydrogen) atoms. The lowest BCUT2D eigenvalue weighted by Crippen LogP contribution is -2.20. The third-order valence-electron chi connectivity index (χ3n) is 3.30. The fourth-order valence-electron chi connectivity index (χ4n) is 2.29. The Bertz CT molecular complexity index is 604. The second kappa shape index (κ2) is 4.31. The van der Waals surface area contributed by atoms with Crippen molar-refractivity contribution in [3.05, 3.63) is 42.0 Å². The lowest BCUT2D eigenvalue weighted by molar-refractivity contribution is 0.0697. The fraction of sp³-hybridized carbons (Fsp3) is 0.214. The molecule has 0 atom stereocenters. The lowest BCUT2D eigenvalue weighted by atomic mass is 10.1. The van der Waals surface area contributed by atoms with Crippen LogP contribution in [0.5, 0.6) is 0 Å². The number of anilines is 1. The molecule has 1 aliphatic rings. The van der Waals surface area contributed by atoms with Crippen molar-refractivity contribution in [3.8, 4) is 0 Å². The average molecular weight is 242 g/mol. The number of nitrogens with one attached hydrogen (secondary N) is 1. The van der Waals surface area contributed by atoms with Crippen molar-refractivity contribution < 1.29 is 9.90 Å². The van der Waals surface area contributed by atoms with Crippen LogP contribution in [0.15, 0.2) is 36.4 Å². The van der Waals surface area contributed by atoms with E-state index in [-0.39, 0.29) is 0 Å². The standard InChI is InChI=1S/C14H14N2O2/c17-14(18)12-2-1-11-8-13(4-3-10(11)7-12)16-6-5-15-9-16/h1-4,7-8,15H,5-6,9H2,(H,17,18). The molecule has 0 saturated carbocycles. The summed E-state index contributed by atoms with van der Waals surface area (Å²) in [7, 11) is 0. The average Bonchev–Trinajstić information content (AvgIpc) is 2.91. The highest BCUT2D eigenvalue weighted by Gasteiger charge is 2.12. The number of benzene rings is 2. The summed E-state index contributed by atoms with van der Waals surface area (Å²) in [5.41, 5.74) is 1.51. The summed E-state index contributed by atoms with van der Waals surface area (Å²) in [6.45, 7) is 2.90. The molecule has 1 aliphatic heterocycles. The smallest absolute Gasteiger partial charge is 0.335 e. The second-order valence-electron chi connectivity index (χ2n) is 4.47. The molecule has 0 radical (unpaired) electrons. The molecule has 0 aromatic heterocycles. The Labute approximate surface area is 105 Å². The number of fused-ring (bicyclic) bond motifs is 1. The van der Waals surface area contributed by atoms with Gasteiger partial charge in [-0.25, -0.2) is 4.79 Å². The van der Waals surface area contributed by atoms with Crippen molar-refractivity contribution in [2.45, 2.75) is 0 Å². The number of rotatable bonds is 2. The molecule has 0 bridgehead atoms. The number of nitrogens with zero attached hydrogens (tertiary/aromatic N) is 1. The number of carbonyl (C=O) groups is 1. The third-order valence-corrected chi connectivity index (χ3v) is 3.30. The monoisotopic (exact) mass is 242 g/mol. The first kappa shape index (κ1) is 11.0. The largest absolute Gasteiger partial charge is 0.478 e. The zero-order valence-corrected chi connectivity index (χ0v) is 9.89.